The van der Waals surface area contributed by atoms with E-state index in [1.54, 1.807) is 0 Å². The molecular weight excluding hydrogens is 148 g/mol. The van der Waals surface area contributed by atoms with E-state index in [0.717, 1.165) is 12.3 Å². The fraction of sp³-hybridized carbons (Fsp3) is 1.00. The lowest BCUT2D eigenvalue weighted by Crippen LogP contribution is -2.36. The number of hydrogen-bond acceptors (Lipinski definition) is 2. The third-order valence-corrected chi connectivity index (χ3v) is 2.71. The average molecular weight is 170 g/mol. The van der Waals surface area contributed by atoms with E-state index in [-0.39, 0.29) is 5.54 Å². The zero-order valence-electron chi connectivity index (χ0n) is 8.34. The Morgan fingerprint density at radius 1 is 1.17 bits per heavy atom. The van der Waals surface area contributed by atoms with Crippen molar-refractivity contribution in [1.29, 1.82) is 0 Å². The fourth-order valence-corrected chi connectivity index (χ4v) is 2.14. The maximum Gasteiger partial charge on any atom is 0.00996 e. The van der Waals surface area contributed by atoms with Crippen LogP contribution in [0.4, 0.5) is 0 Å². The Kier molecular flexibility index (Phi) is 3.13. The second-order valence-electron chi connectivity index (χ2n) is 4.97. The highest BCUT2D eigenvalue weighted by Crippen LogP contribution is 2.28. The molecule has 1 fully saturated rings. The van der Waals surface area contributed by atoms with Crippen molar-refractivity contribution in [2.45, 2.75) is 57.5 Å². The lowest BCUT2D eigenvalue weighted by molar-refractivity contribution is 0.264. The Hall–Kier alpha value is -0.0800. The average Bonchev–Trinajstić information content (AvgIpc) is 1.91. The molecule has 0 aromatic rings. The molecule has 0 unspecified atom stereocenters. The van der Waals surface area contributed by atoms with Crippen molar-refractivity contribution >= 4 is 0 Å². The SMILES string of the molecule is CC(C)(N)C[C@H]1CC[C@H](N)CC1. The van der Waals surface area contributed by atoms with Crippen molar-refractivity contribution in [3.63, 3.8) is 0 Å². The molecule has 2 nitrogen and oxygen atoms in total. The molecule has 1 aliphatic rings. The maximum atomic E-state index is 5.97. The highest BCUT2D eigenvalue weighted by atomic mass is 14.7. The molecule has 72 valence electrons. The summed E-state index contributed by atoms with van der Waals surface area (Å²) in [5.41, 5.74) is 11.8. The molecule has 1 rings (SSSR count). The topological polar surface area (TPSA) is 52.0 Å². The Morgan fingerprint density at radius 3 is 2.08 bits per heavy atom. The van der Waals surface area contributed by atoms with Crippen LogP contribution in [0.1, 0.15) is 46.0 Å². The van der Waals surface area contributed by atoms with E-state index in [0.29, 0.717) is 6.04 Å². The molecule has 0 radical (unpaired) electrons. The third kappa shape index (κ3) is 3.55. The first-order valence-corrected chi connectivity index (χ1v) is 5.02. The lowest BCUT2D eigenvalue weighted by atomic mass is 9.80. The van der Waals surface area contributed by atoms with Crippen molar-refractivity contribution in [2.75, 3.05) is 0 Å². The van der Waals surface area contributed by atoms with E-state index in [4.69, 9.17) is 11.5 Å². The molecule has 0 aliphatic heterocycles. The van der Waals surface area contributed by atoms with E-state index in [9.17, 15) is 0 Å². The number of nitrogens with two attached hydrogens (primary N) is 2. The van der Waals surface area contributed by atoms with Gasteiger partial charge < -0.3 is 11.5 Å². The van der Waals surface area contributed by atoms with E-state index >= 15 is 0 Å². The highest BCUT2D eigenvalue weighted by Gasteiger charge is 2.23. The van der Waals surface area contributed by atoms with Gasteiger partial charge in [0.05, 0.1) is 0 Å². The summed E-state index contributed by atoms with van der Waals surface area (Å²) in [6, 6.07) is 0.460. The molecule has 4 N–H and O–H groups in total. The summed E-state index contributed by atoms with van der Waals surface area (Å²) in [6.07, 6.45) is 6.10. The summed E-state index contributed by atoms with van der Waals surface area (Å²) in [6.45, 7) is 4.23. The molecule has 0 aromatic carbocycles. The first-order chi connectivity index (χ1) is 5.47. The van der Waals surface area contributed by atoms with Gasteiger partial charge in [-0.2, -0.15) is 0 Å². The van der Waals surface area contributed by atoms with Crippen LogP contribution >= 0.6 is 0 Å². The summed E-state index contributed by atoms with van der Waals surface area (Å²) in [5.74, 6) is 0.824. The minimum Gasteiger partial charge on any atom is -0.328 e. The smallest absolute Gasteiger partial charge is 0.00996 e. The fourth-order valence-electron chi connectivity index (χ4n) is 2.14. The molecule has 0 bridgehead atoms. The third-order valence-electron chi connectivity index (χ3n) is 2.71. The zero-order valence-corrected chi connectivity index (χ0v) is 8.34. The number of rotatable bonds is 2. The Bertz CT molecular complexity index is 129. The summed E-state index contributed by atoms with van der Waals surface area (Å²) in [5, 5.41) is 0. The zero-order chi connectivity index (χ0) is 9.19. The molecule has 2 heteroatoms. The van der Waals surface area contributed by atoms with Gasteiger partial charge in [-0.3, -0.25) is 0 Å². The molecule has 0 atom stereocenters. The van der Waals surface area contributed by atoms with Gasteiger partial charge in [0, 0.05) is 11.6 Å². The monoisotopic (exact) mass is 170 g/mol. The van der Waals surface area contributed by atoms with Crippen LogP contribution in [0.5, 0.6) is 0 Å². The van der Waals surface area contributed by atoms with Crippen molar-refractivity contribution in [2.24, 2.45) is 17.4 Å². The van der Waals surface area contributed by atoms with Crippen LogP contribution in [0.15, 0.2) is 0 Å². The van der Waals surface area contributed by atoms with Gasteiger partial charge in [0.2, 0.25) is 0 Å². The predicted octanol–water partition coefficient (Wildman–Crippen LogP) is 1.63. The molecular formula is C10H22N2. The van der Waals surface area contributed by atoms with Crippen molar-refractivity contribution in [3.8, 4) is 0 Å². The van der Waals surface area contributed by atoms with Gasteiger partial charge in [-0.1, -0.05) is 0 Å². The summed E-state index contributed by atoms with van der Waals surface area (Å²) >= 11 is 0. The summed E-state index contributed by atoms with van der Waals surface area (Å²) in [7, 11) is 0. The van der Waals surface area contributed by atoms with E-state index in [1.165, 1.54) is 25.7 Å². The van der Waals surface area contributed by atoms with Gasteiger partial charge in [0.15, 0.2) is 0 Å². The summed E-state index contributed by atoms with van der Waals surface area (Å²) in [4.78, 5) is 0. The van der Waals surface area contributed by atoms with Crippen LogP contribution in [0.25, 0.3) is 0 Å². The van der Waals surface area contributed by atoms with E-state index < -0.39 is 0 Å². The largest absolute Gasteiger partial charge is 0.328 e. The standard InChI is InChI=1S/C10H22N2/c1-10(2,12)7-8-3-5-9(11)6-4-8/h8-9H,3-7,11-12H2,1-2H3/t8-,9-. The first-order valence-electron chi connectivity index (χ1n) is 5.02. The summed E-state index contributed by atoms with van der Waals surface area (Å²) < 4.78 is 0. The van der Waals surface area contributed by atoms with Gasteiger partial charge in [-0.25, -0.2) is 0 Å². The number of hydrogen-bond donors (Lipinski definition) is 2. The van der Waals surface area contributed by atoms with Gasteiger partial charge in [-0.15, -0.1) is 0 Å². The highest BCUT2D eigenvalue weighted by molar-refractivity contribution is 4.81. The van der Waals surface area contributed by atoms with Gasteiger partial charge in [-0.05, 0) is 51.9 Å². The van der Waals surface area contributed by atoms with Gasteiger partial charge >= 0.3 is 0 Å². The Morgan fingerprint density at radius 2 is 1.67 bits per heavy atom. The molecule has 1 aliphatic carbocycles. The minimum absolute atomic E-state index is 0.00605. The van der Waals surface area contributed by atoms with E-state index in [1.807, 2.05) is 0 Å². The molecule has 0 spiro atoms. The van der Waals surface area contributed by atoms with Crippen molar-refractivity contribution in [1.82, 2.24) is 0 Å². The van der Waals surface area contributed by atoms with Crippen molar-refractivity contribution < 1.29 is 0 Å². The Balaban J connectivity index is 2.26. The Labute approximate surface area is 75.7 Å². The van der Waals surface area contributed by atoms with Crippen LogP contribution in [0.3, 0.4) is 0 Å². The lowest BCUT2D eigenvalue weighted by Gasteiger charge is -2.31. The van der Waals surface area contributed by atoms with Crippen molar-refractivity contribution in [3.05, 3.63) is 0 Å². The molecule has 0 aromatic heterocycles. The maximum absolute atomic E-state index is 5.97. The first kappa shape index (κ1) is 10.0. The van der Waals surface area contributed by atoms with Gasteiger partial charge in [0.25, 0.3) is 0 Å². The second-order valence-corrected chi connectivity index (χ2v) is 4.97. The van der Waals surface area contributed by atoms with Gasteiger partial charge in [0.1, 0.15) is 0 Å². The molecule has 0 saturated heterocycles. The molecule has 12 heavy (non-hydrogen) atoms. The van der Waals surface area contributed by atoms with Crippen LogP contribution in [0, 0.1) is 5.92 Å². The van der Waals surface area contributed by atoms with E-state index in [2.05, 4.69) is 13.8 Å². The quantitative estimate of drug-likeness (QED) is 0.662. The van der Waals surface area contributed by atoms with Crippen LogP contribution in [0.2, 0.25) is 0 Å². The molecule has 1 saturated carbocycles. The van der Waals surface area contributed by atoms with Crippen LogP contribution in [-0.4, -0.2) is 11.6 Å². The molecule has 0 heterocycles. The van der Waals surface area contributed by atoms with Crippen LogP contribution < -0.4 is 11.5 Å². The second kappa shape index (κ2) is 3.75. The predicted molar refractivity (Wildman–Crippen MR) is 52.8 cm³/mol. The van der Waals surface area contributed by atoms with Crippen LogP contribution in [-0.2, 0) is 0 Å². The molecule has 0 amide bonds. The minimum atomic E-state index is 0.00605. The normalized spacial score (nSPS) is 32.0.